The summed E-state index contributed by atoms with van der Waals surface area (Å²) in [6.07, 6.45) is 1.55. The van der Waals surface area contributed by atoms with Crippen LogP contribution in [-0.4, -0.2) is 29.7 Å². The van der Waals surface area contributed by atoms with Crippen LogP contribution in [0.5, 0.6) is 0 Å². The molecule has 0 atom stereocenters. The van der Waals surface area contributed by atoms with Crippen LogP contribution in [0.3, 0.4) is 0 Å². The average molecular weight is 186 g/mol. The van der Waals surface area contributed by atoms with E-state index in [1.807, 2.05) is 13.8 Å². The van der Waals surface area contributed by atoms with E-state index in [0.29, 0.717) is 6.54 Å². The summed E-state index contributed by atoms with van der Waals surface area (Å²) < 4.78 is 0. The molecule has 0 saturated heterocycles. The highest BCUT2D eigenvalue weighted by molar-refractivity contribution is 5.88. The van der Waals surface area contributed by atoms with Crippen LogP contribution in [0.15, 0.2) is 0 Å². The van der Waals surface area contributed by atoms with Gasteiger partial charge in [0, 0.05) is 18.6 Å². The first-order chi connectivity index (χ1) is 5.90. The number of nitrogens with two attached hydrogens (primary N) is 1. The minimum Gasteiger partial charge on any atom is -0.396 e. The van der Waals surface area contributed by atoms with Crippen LogP contribution in [0.4, 0.5) is 0 Å². The lowest BCUT2D eigenvalue weighted by Crippen LogP contribution is -2.46. The van der Waals surface area contributed by atoms with Gasteiger partial charge in [0.25, 0.3) is 0 Å². The lowest BCUT2D eigenvalue weighted by Gasteiger charge is -2.22. The van der Waals surface area contributed by atoms with Crippen molar-refractivity contribution in [2.45, 2.75) is 32.2 Å². The van der Waals surface area contributed by atoms with E-state index < -0.39 is 5.54 Å². The predicted molar refractivity (Wildman–Crippen MR) is 50.0 cm³/mol. The van der Waals surface area contributed by atoms with Crippen molar-refractivity contribution in [2.75, 3.05) is 13.2 Å². The Balaban J connectivity index is 2.30. The quantitative estimate of drug-likeness (QED) is 0.560. The van der Waals surface area contributed by atoms with Gasteiger partial charge in [-0.25, -0.2) is 0 Å². The number of nitrogens with one attached hydrogen (secondary N) is 1. The molecule has 0 unspecified atom stereocenters. The third-order valence-corrected chi connectivity index (χ3v) is 2.40. The zero-order chi connectivity index (χ0) is 10.1. The van der Waals surface area contributed by atoms with Crippen molar-refractivity contribution in [1.29, 1.82) is 0 Å². The molecule has 1 aliphatic rings. The number of hydrogen-bond donors (Lipinski definition) is 3. The van der Waals surface area contributed by atoms with E-state index in [9.17, 15) is 4.79 Å². The summed E-state index contributed by atoms with van der Waals surface area (Å²) in [5.74, 6) is -0.0889. The van der Waals surface area contributed by atoms with Crippen LogP contribution in [0.25, 0.3) is 0 Å². The van der Waals surface area contributed by atoms with Crippen molar-refractivity contribution < 1.29 is 9.90 Å². The van der Waals surface area contributed by atoms with Gasteiger partial charge < -0.3 is 16.2 Å². The molecule has 0 aromatic carbocycles. The summed E-state index contributed by atoms with van der Waals surface area (Å²) in [6.45, 7) is 4.32. The van der Waals surface area contributed by atoms with Crippen LogP contribution < -0.4 is 11.1 Å². The summed E-state index contributed by atoms with van der Waals surface area (Å²) in [5, 5.41) is 11.7. The van der Waals surface area contributed by atoms with Crippen molar-refractivity contribution in [3.05, 3.63) is 0 Å². The molecule has 0 aromatic heterocycles. The lowest BCUT2D eigenvalue weighted by atomic mass is 9.95. The van der Waals surface area contributed by atoms with Crippen molar-refractivity contribution in [2.24, 2.45) is 11.1 Å². The molecule has 0 aliphatic heterocycles. The number of aliphatic hydroxyl groups excluding tert-OH is 1. The zero-order valence-electron chi connectivity index (χ0n) is 8.26. The lowest BCUT2D eigenvalue weighted by molar-refractivity contribution is -0.123. The first kappa shape index (κ1) is 10.5. The molecule has 13 heavy (non-hydrogen) atoms. The number of carbonyl (C=O) groups is 1. The number of amides is 1. The molecule has 1 rings (SSSR count). The second kappa shape index (κ2) is 3.27. The fraction of sp³-hybridized carbons (Fsp3) is 0.889. The van der Waals surface area contributed by atoms with Crippen LogP contribution in [0.1, 0.15) is 26.7 Å². The Hall–Kier alpha value is -0.610. The fourth-order valence-corrected chi connectivity index (χ4v) is 0.913. The molecule has 0 radical (unpaired) electrons. The van der Waals surface area contributed by atoms with Crippen molar-refractivity contribution in [1.82, 2.24) is 5.32 Å². The first-order valence-corrected chi connectivity index (χ1v) is 4.58. The highest BCUT2D eigenvalue weighted by Gasteiger charge is 2.46. The topological polar surface area (TPSA) is 75.3 Å². The first-order valence-electron chi connectivity index (χ1n) is 4.58. The molecular weight excluding hydrogens is 168 g/mol. The number of hydrogen-bond acceptors (Lipinski definition) is 3. The second-order valence-electron chi connectivity index (χ2n) is 4.66. The van der Waals surface area contributed by atoms with Crippen LogP contribution in [0, 0.1) is 5.41 Å². The molecule has 0 aromatic rings. The molecule has 1 aliphatic carbocycles. The van der Waals surface area contributed by atoms with Crippen molar-refractivity contribution >= 4 is 5.91 Å². The van der Waals surface area contributed by atoms with Crippen molar-refractivity contribution in [3.8, 4) is 0 Å². The second-order valence-corrected chi connectivity index (χ2v) is 4.66. The Bertz CT molecular complexity index is 210. The van der Waals surface area contributed by atoms with Gasteiger partial charge in [0.05, 0.1) is 5.54 Å². The standard InChI is InChI=1S/C9H18N2O2/c1-8(2,6-12)5-11-7(13)9(10)3-4-9/h12H,3-6,10H2,1-2H3,(H,11,13). The number of carbonyl (C=O) groups excluding carboxylic acids is 1. The van der Waals surface area contributed by atoms with Crippen LogP contribution >= 0.6 is 0 Å². The Morgan fingerprint density at radius 1 is 1.62 bits per heavy atom. The van der Waals surface area contributed by atoms with Gasteiger partial charge in [-0.2, -0.15) is 0 Å². The van der Waals surface area contributed by atoms with Gasteiger partial charge in [-0.3, -0.25) is 4.79 Å². The van der Waals surface area contributed by atoms with E-state index >= 15 is 0 Å². The largest absolute Gasteiger partial charge is 0.396 e. The van der Waals surface area contributed by atoms with E-state index in [1.165, 1.54) is 0 Å². The minimum absolute atomic E-state index is 0.0604. The Morgan fingerprint density at radius 3 is 2.54 bits per heavy atom. The summed E-state index contributed by atoms with van der Waals surface area (Å²) in [4.78, 5) is 11.4. The minimum atomic E-state index is -0.606. The SMILES string of the molecule is CC(C)(CO)CNC(=O)C1(N)CC1. The number of rotatable bonds is 4. The smallest absolute Gasteiger partial charge is 0.240 e. The summed E-state index contributed by atoms with van der Waals surface area (Å²) >= 11 is 0. The third kappa shape index (κ3) is 2.67. The molecule has 4 nitrogen and oxygen atoms in total. The van der Waals surface area contributed by atoms with Gasteiger partial charge in [-0.1, -0.05) is 13.8 Å². The van der Waals surface area contributed by atoms with Gasteiger partial charge in [-0.05, 0) is 12.8 Å². The molecule has 0 heterocycles. The van der Waals surface area contributed by atoms with Gasteiger partial charge >= 0.3 is 0 Å². The molecule has 1 saturated carbocycles. The zero-order valence-corrected chi connectivity index (χ0v) is 8.26. The van der Waals surface area contributed by atoms with Gasteiger partial charge in [0.1, 0.15) is 0 Å². The van der Waals surface area contributed by atoms with E-state index in [0.717, 1.165) is 12.8 Å². The Morgan fingerprint density at radius 2 is 2.15 bits per heavy atom. The van der Waals surface area contributed by atoms with E-state index in [2.05, 4.69) is 5.32 Å². The third-order valence-electron chi connectivity index (χ3n) is 2.40. The Kier molecular flexibility index (Phi) is 2.63. The van der Waals surface area contributed by atoms with Crippen molar-refractivity contribution in [3.63, 3.8) is 0 Å². The predicted octanol–water partition coefficient (Wildman–Crippen LogP) is -0.388. The van der Waals surface area contributed by atoms with E-state index in [-0.39, 0.29) is 17.9 Å². The summed E-state index contributed by atoms with van der Waals surface area (Å²) in [7, 11) is 0. The Labute approximate surface area is 78.5 Å². The molecule has 4 N–H and O–H groups in total. The molecule has 0 spiro atoms. The molecule has 0 bridgehead atoms. The molecule has 4 heteroatoms. The maximum absolute atomic E-state index is 11.4. The maximum atomic E-state index is 11.4. The monoisotopic (exact) mass is 186 g/mol. The number of aliphatic hydroxyl groups is 1. The molecule has 76 valence electrons. The normalized spacial score (nSPS) is 19.7. The molecule has 1 fully saturated rings. The highest BCUT2D eigenvalue weighted by atomic mass is 16.3. The van der Waals surface area contributed by atoms with Gasteiger partial charge in [0.2, 0.25) is 5.91 Å². The van der Waals surface area contributed by atoms with E-state index in [4.69, 9.17) is 10.8 Å². The molecular formula is C9H18N2O2. The van der Waals surface area contributed by atoms with Crippen LogP contribution in [-0.2, 0) is 4.79 Å². The average Bonchev–Trinajstić information content (AvgIpc) is 2.81. The van der Waals surface area contributed by atoms with Gasteiger partial charge in [0.15, 0.2) is 0 Å². The molecule has 1 amide bonds. The highest BCUT2D eigenvalue weighted by Crippen LogP contribution is 2.32. The summed E-state index contributed by atoms with van der Waals surface area (Å²) in [5.41, 5.74) is 4.82. The van der Waals surface area contributed by atoms with Crippen LogP contribution in [0.2, 0.25) is 0 Å². The maximum Gasteiger partial charge on any atom is 0.240 e. The summed E-state index contributed by atoms with van der Waals surface area (Å²) in [6, 6.07) is 0. The van der Waals surface area contributed by atoms with Gasteiger partial charge in [-0.15, -0.1) is 0 Å². The fourth-order valence-electron chi connectivity index (χ4n) is 0.913. The van der Waals surface area contributed by atoms with E-state index in [1.54, 1.807) is 0 Å².